The largest absolute Gasteiger partial charge is 0.384 e. The summed E-state index contributed by atoms with van der Waals surface area (Å²) in [4.78, 5) is 18.7. The molecular formula is C15H24N4O. The van der Waals surface area contributed by atoms with Crippen molar-refractivity contribution in [1.82, 2.24) is 15.2 Å². The number of hydrogen-bond donors (Lipinski definition) is 2. The number of carbonyl (C=O) groups excluding carboxylic acids is 1. The van der Waals surface area contributed by atoms with E-state index >= 15 is 0 Å². The molecule has 1 aliphatic heterocycles. The molecule has 5 heteroatoms. The van der Waals surface area contributed by atoms with Crippen molar-refractivity contribution in [3.8, 4) is 0 Å². The molecule has 1 aromatic heterocycles. The van der Waals surface area contributed by atoms with E-state index in [2.05, 4.69) is 34.5 Å². The molecule has 110 valence electrons. The third-order valence-electron chi connectivity index (χ3n) is 3.92. The Hall–Kier alpha value is -1.62. The van der Waals surface area contributed by atoms with Gasteiger partial charge in [-0.1, -0.05) is 0 Å². The number of aromatic nitrogens is 1. The maximum absolute atomic E-state index is 12.2. The van der Waals surface area contributed by atoms with Gasteiger partial charge in [-0.25, -0.2) is 4.98 Å². The van der Waals surface area contributed by atoms with E-state index in [0.29, 0.717) is 11.7 Å². The van der Waals surface area contributed by atoms with Gasteiger partial charge in [0.05, 0.1) is 11.9 Å². The van der Waals surface area contributed by atoms with Gasteiger partial charge < -0.3 is 15.5 Å². The second kappa shape index (κ2) is 6.70. The summed E-state index contributed by atoms with van der Waals surface area (Å²) in [6.45, 7) is 6.10. The third-order valence-corrected chi connectivity index (χ3v) is 3.92. The number of amides is 1. The van der Waals surface area contributed by atoms with Crippen molar-refractivity contribution < 1.29 is 4.79 Å². The highest BCUT2D eigenvalue weighted by molar-refractivity contribution is 5.92. The maximum Gasteiger partial charge on any atom is 0.270 e. The van der Waals surface area contributed by atoms with E-state index in [1.54, 1.807) is 12.3 Å². The lowest BCUT2D eigenvalue weighted by molar-refractivity contribution is 0.0891. The molecule has 20 heavy (non-hydrogen) atoms. The lowest BCUT2D eigenvalue weighted by atomic mass is 9.99. The van der Waals surface area contributed by atoms with Crippen molar-refractivity contribution in [3.05, 3.63) is 24.0 Å². The number of likely N-dealkylation sites (tertiary alicyclic amines) is 1. The van der Waals surface area contributed by atoms with Crippen LogP contribution in [0.3, 0.4) is 0 Å². The van der Waals surface area contributed by atoms with Crippen molar-refractivity contribution in [1.29, 1.82) is 0 Å². The van der Waals surface area contributed by atoms with E-state index in [0.717, 1.165) is 31.6 Å². The second-order valence-electron chi connectivity index (χ2n) is 5.49. The summed E-state index contributed by atoms with van der Waals surface area (Å²) in [5.74, 6) is -0.0743. The molecule has 2 atom stereocenters. The van der Waals surface area contributed by atoms with Gasteiger partial charge in [-0.15, -0.1) is 0 Å². The molecule has 1 aliphatic rings. The van der Waals surface area contributed by atoms with Crippen LogP contribution in [0.25, 0.3) is 0 Å². The minimum Gasteiger partial charge on any atom is -0.384 e. The fourth-order valence-corrected chi connectivity index (χ4v) is 2.52. The van der Waals surface area contributed by atoms with Gasteiger partial charge >= 0.3 is 0 Å². The summed E-state index contributed by atoms with van der Waals surface area (Å²) >= 11 is 0. The smallest absolute Gasteiger partial charge is 0.270 e. The standard InChI is InChI=1S/C15H24N4O/c1-4-16-13-5-6-14(17-10-13)15(20)18-12-7-8-19(3)11(2)9-12/h5-6,10-12,16H,4,7-9H2,1-3H3,(H,18,20). The lowest BCUT2D eigenvalue weighted by Crippen LogP contribution is -2.47. The van der Waals surface area contributed by atoms with Crippen LogP contribution in [-0.4, -0.2) is 48.0 Å². The van der Waals surface area contributed by atoms with Crippen LogP contribution in [0.4, 0.5) is 5.69 Å². The van der Waals surface area contributed by atoms with Crippen LogP contribution < -0.4 is 10.6 Å². The van der Waals surface area contributed by atoms with Crippen LogP contribution in [0.2, 0.25) is 0 Å². The summed E-state index contributed by atoms with van der Waals surface area (Å²) in [5, 5.41) is 6.26. The highest BCUT2D eigenvalue weighted by atomic mass is 16.1. The summed E-state index contributed by atoms with van der Waals surface area (Å²) in [5.41, 5.74) is 1.43. The van der Waals surface area contributed by atoms with Crippen LogP contribution in [0, 0.1) is 0 Å². The third kappa shape index (κ3) is 3.70. The fraction of sp³-hybridized carbons (Fsp3) is 0.600. The van der Waals surface area contributed by atoms with Crippen LogP contribution in [0.15, 0.2) is 18.3 Å². The van der Waals surface area contributed by atoms with Crippen LogP contribution >= 0.6 is 0 Å². The quantitative estimate of drug-likeness (QED) is 0.879. The zero-order valence-electron chi connectivity index (χ0n) is 12.5. The lowest BCUT2D eigenvalue weighted by Gasteiger charge is -2.35. The van der Waals surface area contributed by atoms with Crippen LogP contribution in [0.5, 0.6) is 0 Å². The molecule has 1 saturated heterocycles. The van der Waals surface area contributed by atoms with E-state index in [4.69, 9.17) is 0 Å². The van der Waals surface area contributed by atoms with Gasteiger partial charge in [-0.2, -0.15) is 0 Å². The van der Waals surface area contributed by atoms with Gasteiger partial charge in [0.1, 0.15) is 5.69 Å². The average Bonchev–Trinajstić information content (AvgIpc) is 2.44. The predicted molar refractivity (Wildman–Crippen MR) is 81.0 cm³/mol. The van der Waals surface area contributed by atoms with Crippen molar-refractivity contribution in [2.75, 3.05) is 25.5 Å². The molecule has 0 radical (unpaired) electrons. The number of nitrogens with one attached hydrogen (secondary N) is 2. The van der Waals surface area contributed by atoms with E-state index in [1.807, 2.05) is 13.0 Å². The second-order valence-corrected chi connectivity index (χ2v) is 5.49. The fourth-order valence-electron chi connectivity index (χ4n) is 2.52. The number of hydrogen-bond acceptors (Lipinski definition) is 4. The van der Waals surface area contributed by atoms with Gasteiger partial charge in [0.25, 0.3) is 5.91 Å². The average molecular weight is 276 g/mol. The van der Waals surface area contributed by atoms with Gasteiger partial charge in [-0.3, -0.25) is 4.79 Å². The van der Waals surface area contributed by atoms with Crippen molar-refractivity contribution in [2.45, 2.75) is 38.8 Å². The van der Waals surface area contributed by atoms with E-state index in [-0.39, 0.29) is 11.9 Å². The van der Waals surface area contributed by atoms with E-state index < -0.39 is 0 Å². The highest BCUT2D eigenvalue weighted by Crippen LogP contribution is 2.15. The summed E-state index contributed by atoms with van der Waals surface area (Å²) < 4.78 is 0. The zero-order valence-corrected chi connectivity index (χ0v) is 12.5. The number of nitrogens with zero attached hydrogens (tertiary/aromatic N) is 2. The first kappa shape index (κ1) is 14.8. The molecule has 0 spiro atoms. The number of piperidine rings is 1. The van der Waals surface area contributed by atoms with Gasteiger partial charge in [0, 0.05) is 25.2 Å². The molecule has 5 nitrogen and oxygen atoms in total. The topological polar surface area (TPSA) is 57.3 Å². The van der Waals surface area contributed by atoms with Gasteiger partial charge in [0.2, 0.25) is 0 Å². The number of anilines is 1. The molecule has 2 rings (SSSR count). The Balaban J connectivity index is 1.91. The number of carbonyl (C=O) groups is 1. The molecule has 1 aromatic rings. The monoisotopic (exact) mass is 276 g/mol. The minimum atomic E-state index is -0.0743. The molecule has 2 N–H and O–H groups in total. The Kier molecular flexibility index (Phi) is 4.95. The van der Waals surface area contributed by atoms with Gasteiger partial charge in [0.15, 0.2) is 0 Å². The summed E-state index contributed by atoms with van der Waals surface area (Å²) in [7, 11) is 2.13. The van der Waals surface area contributed by atoms with Crippen molar-refractivity contribution >= 4 is 11.6 Å². The van der Waals surface area contributed by atoms with Crippen molar-refractivity contribution in [2.24, 2.45) is 0 Å². The van der Waals surface area contributed by atoms with Crippen molar-refractivity contribution in [3.63, 3.8) is 0 Å². The molecule has 0 bridgehead atoms. The summed E-state index contributed by atoms with van der Waals surface area (Å²) in [6, 6.07) is 4.43. The SMILES string of the molecule is CCNc1ccc(C(=O)NC2CCN(C)C(C)C2)nc1. The summed E-state index contributed by atoms with van der Waals surface area (Å²) in [6.07, 6.45) is 3.70. The number of rotatable bonds is 4. The molecule has 0 aliphatic carbocycles. The zero-order chi connectivity index (χ0) is 14.5. The first-order chi connectivity index (χ1) is 9.60. The van der Waals surface area contributed by atoms with E-state index in [9.17, 15) is 4.79 Å². The van der Waals surface area contributed by atoms with Crippen LogP contribution in [0.1, 0.15) is 37.2 Å². The molecule has 2 unspecified atom stereocenters. The molecular weight excluding hydrogens is 252 g/mol. The molecule has 0 saturated carbocycles. The Morgan fingerprint density at radius 3 is 2.90 bits per heavy atom. The molecule has 2 heterocycles. The van der Waals surface area contributed by atoms with Crippen LogP contribution in [-0.2, 0) is 0 Å². The van der Waals surface area contributed by atoms with Gasteiger partial charge in [-0.05, 0) is 45.9 Å². The Labute approximate surface area is 120 Å². The highest BCUT2D eigenvalue weighted by Gasteiger charge is 2.24. The predicted octanol–water partition coefficient (Wildman–Crippen LogP) is 1.73. The minimum absolute atomic E-state index is 0.0743. The molecule has 1 fully saturated rings. The molecule has 1 amide bonds. The maximum atomic E-state index is 12.2. The van der Waals surface area contributed by atoms with E-state index in [1.165, 1.54) is 0 Å². The number of pyridine rings is 1. The Bertz CT molecular complexity index is 446. The normalized spacial score (nSPS) is 23.4. The Morgan fingerprint density at radius 2 is 2.30 bits per heavy atom. The first-order valence-electron chi connectivity index (χ1n) is 7.31. The Morgan fingerprint density at radius 1 is 1.50 bits per heavy atom. The molecule has 0 aromatic carbocycles. The first-order valence-corrected chi connectivity index (χ1v) is 7.31.